The van der Waals surface area contributed by atoms with Gasteiger partial charge >= 0.3 is 0 Å². The molecule has 1 heterocycles. The monoisotopic (exact) mass is 535 g/mol. The summed E-state index contributed by atoms with van der Waals surface area (Å²) < 4.78 is 0. The summed E-state index contributed by atoms with van der Waals surface area (Å²) in [6.45, 7) is 0.0754. The number of hydrogen-bond acceptors (Lipinski definition) is 1. The van der Waals surface area contributed by atoms with E-state index in [1.807, 2.05) is 0 Å². The van der Waals surface area contributed by atoms with Crippen LogP contribution in [0.15, 0.2) is 164 Å². The highest BCUT2D eigenvalue weighted by atomic mass is 15.1. The minimum absolute atomic E-state index is 0.0754. The van der Waals surface area contributed by atoms with Crippen molar-refractivity contribution in [3.8, 4) is 11.1 Å². The van der Waals surface area contributed by atoms with Gasteiger partial charge in [0.15, 0.2) is 0 Å². The molecule has 0 spiro atoms. The van der Waals surface area contributed by atoms with Crippen molar-refractivity contribution in [3.63, 3.8) is 0 Å². The van der Waals surface area contributed by atoms with Gasteiger partial charge in [-0.2, -0.15) is 0 Å². The van der Waals surface area contributed by atoms with Crippen LogP contribution in [0.5, 0.6) is 0 Å². The lowest BCUT2D eigenvalue weighted by atomic mass is 9.33. The topological polar surface area (TPSA) is 3.24 Å². The molecule has 8 rings (SSSR count). The number of anilines is 3. The molecular weight excluding hydrogens is 505 g/mol. The Kier molecular flexibility index (Phi) is 6.11. The van der Waals surface area contributed by atoms with Gasteiger partial charge < -0.3 is 4.90 Å². The molecule has 198 valence electrons. The first-order chi connectivity index (χ1) is 20.9. The van der Waals surface area contributed by atoms with Crippen LogP contribution < -0.4 is 21.3 Å². The van der Waals surface area contributed by atoms with Gasteiger partial charge in [0.25, 0.3) is 0 Å². The first-order valence-electron chi connectivity index (χ1n) is 14.9. The maximum atomic E-state index is 2.46. The second-order valence-electron chi connectivity index (χ2n) is 11.3. The van der Waals surface area contributed by atoms with Crippen molar-refractivity contribution in [2.75, 3.05) is 4.90 Å². The standard InChI is InChI=1S/C40H30BN/c1-4-15-29(16-5-1)34-23-14-24-35(30-17-6-2-7-18-30)40(34)41-36-25-12-13-26-38(36)42(33-21-8-3-9-22-33)39-28-32-20-11-10-19-31(32)27-37(39)41/h1-17,19-28,30H,18H2. The summed E-state index contributed by atoms with van der Waals surface area (Å²) in [5.74, 6) is 0.330. The maximum Gasteiger partial charge on any atom is 0.247 e. The van der Waals surface area contributed by atoms with Crippen LogP contribution >= 0.6 is 0 Å². The van der Waals surface area contributed by atoms with E-state index in [0.29, 0.717) is 5.92 Å². The van der Waals surface area contributed by atoms with Crippen LogP contribution in [0.4, 0.5) is 17.1 Å². The van der Waals surface area contributed by atoms with Crippen LogP contribution in [0.25, 0.3) is 21.9 Å². The molecular formula is C40H30BN. The second-order valence-corrected chi connectivity index (χ2v) is 11.3. The number of nitrogens with zero attached hydrogens (tertiary/aromatic N) is 1. The lowest BCUT2D eigenvalue weighted by Gasteiger charge is -2.38. The number of allylic oxidation sites excluding steroid dienone is 4. The summed E-state index contributed by atoms with van der Waals surface area (Å²) >= 11 is 0. The van der Waals surface area contributed by atoms with Crippen molar-refractivity contribution in [1.82, 2.24) is 0 Å². The van der Waals surface area contributed by atoms with Crippen molar-refractivity contribution in [2.45, 2.75) is 12.3 Å². The second kappa shape index (κ2) is 10.4. The van der Waals surface area contributed by atoms with Gasteiger partial charge in [0, 0.05) is 23.0 Å². The molecule has 0 aromatic heterocycles. The summed E-state index contributed by atoms with van der Waals surface area (Å²) in [4.78, 5) is 2.46. The number of hydrogen-bond donors (Lipinski definition) is 0. The summed E-state index contributed by atoms with van der Waals surface area (Å²) in [6.07, 6.45) is 10.1. The Balaban J connectivity index is 1.48. The van der Waals surface area contributed by atoms with E-state index in [1.165, 1.54) is 60.9 Å². The molecule has 1 atom stereocenters. The third kappa shape index (κ3) is 4.11. The highest BCUT2D eigenvalue weighted by molar-refractivity contribution is 6.99. The lowest BCUT2D eigenvalue weighted by molar-refractivity contribution is 0.859. The Morgan fingerprint density at radius 1 is 0.571 bits per heavy atom. The zero-order chi connectivity index (χ0) is 27.9. The summed E-state index contributed by atoms with van der Waals surface area (Å²) in [5, 5.41) is 2.53. The molecule has 1 nitrogen and oxygen atoms in total. The van der Waals surface area contributed by atoms with Crippen molar-refractivity contribution in [1.29, 1.82) is 0 Å². The highest BCUT2D eigenvalue weighted by Crippen LogP contribution is 2.38. The largest absolute Gasteiger partial charge is 0.312 e. The minimum Gasteiger partial charge on any atom is -0.312 e. The Hall–Kier alpha value is -5.08. The SMILES string of the molecule is C1=CCC(c2cccc(-c3ccccc3)c2B2c3ccccc3N(c3ccccc3)c3cc4ccccc4cc32)C=C1. The molecule has 0 saturated carbocycles. The van der Waals surface area contributed by atoms with E-state index < -0.39 is 0 Å². The molecule has 0 fully saturated rings. The Morgan fingerprint density at radius 2 is 1.29 bits per heavy atom. The van der Waals surface area contributed by atoms with Gasteiger partial charge in [0.1, 0.15) is 0 Å². The average Bonchev–Trinajstić information content (AvgIpc) is 3.07. The molecule has 42 heavy (non-hydrogen) atoms. The van der Waals surface area contributed by atoms with Crippen molar-refractivity contribution in [3.05, 3.63) is 169 Å². The number of para-hydroxylation sites is 2. The van der Waals surface area contributed by atoms with Crippen molar-refractivity contribution < 1.29 is 0 Å². The molecule has 1 unspecified atom stereocenters. The van der Waals surface area contributed by atoms with Crippen LogP contribution in [0.1, 0.15) is 17.9 Å². The predicted octanol–water partition coefficient (Wildman–Crippen LogP) is 8.41. The van der Waals surface area contributed by atoms with E-state index in [0.717, 1.165) is 6.42 Å². The van der Waals surface area contributed by atoms with E-state index in [-0.39, 0.29) is 6.71 Å². The number of fused-ring (bicyclic) bond motifs is 3. The number of benzene rings is 6. The zero-order valence-electron chi connectivity index (χ0n) is 23.4. The molecule has 0 bridgehead atoms. The van der Waals surface area contributed by atoms with E-state index in [9.17, 15) is 0 Å². The fourth-order valence-electron chi connectivity index (χ4n) is 6.98. The smallest absolute Gasteiger partial charge is 0.247 e. The molecule has 1 aliphatic heterocycles. The lowest BCUT2D eigenvalue weighted by Crippen LogP contribution is -2.58. The molecule has 0 amide bonds. The van der Waals surface area contributed by atoms with Gasteiger partial charge in [-0.05, 0) is 69.1 Å². The highest BCUT2D eigenvalue weighted by Gasteiger charge is 2.38. The van der Waals surface area contributed by atoms with Crippen LogP contribution in [0.3, 0.4) is 0 Å². The Morgan fingerprint density at radius 3 is 2.07 bits per heavy atom. The van der Waals surface area contributed by atoms with Crippen LogP contribution in [-0.4, -0.2) is 6.71 Å². The fraction of sp³-hybridized carbons (Fsp3) is 0.0500. The molecule has 6 aromatic rings. The molecule has 0 saturated heterocycles. The average molecular weight is 535 g/mol. The van der Waals surface area contributed by atoms with Gasteiger partial charge in [0.05, 0.1) is 0 Å². The summed E-state index contributed by atoms with van der Waals surface area (Å²) in [7, 11) is 0. The Labute approximate surface area is 248 Å². The van der Waals surface area contributed by atoms with E-state index >= 15 is 0 Å². The van der Waals surface area contributed by atoms with E-state index in [2.05, 4.69) is 169 Å². The van der Waals surface area contributed by atoms with Crippen molar-refractivity contribution in [2.24, 2.45) is 0 Å². The maximum absolute atomic E-state index is 2.46. The van der Waals surface area contributed by atoms with Gasteiger partial charge in [-0.25, -0.2) is 0 Å². The molecule has 2 heteroatoms. The Bertz CT molecular complexity index is 1970. The van der Waals surface area contributed by atoms with Crippen LogP contribution in [0, 0.1) is 0 Å². The van der Waals surface area contributed by atoms with Crippen LogP contribution in [-0.2, 0) is 0 Å². The van der Waals surface area contributed by atoms with Crippen LogP contribution in [0.2, 0.25) is 0 Å². The molecule has 2 aliphatic rings. The third-order valence-electron chi connectivity index (χ3n) is 8.84. The molecule has 1 aliphatic carbocycles. The third-order valence-corrected chi connectivity index (χ3v) is 8.84. The van der Waals surface area contributed by atoms with Crippen molar-refractivity contribution >= 4 is 50.9 Å². The number of rotatable bonds is 4. The zero-order valence-corrected chi connectivity index (χ0v) is 23.4. The van der Waals surface area contributed by atoms with Gasteiger partial charge in [-0.1, -0.05) is 145 Å². The quantitative estimate of drug-likeness (QED) is 0.205. The first kappa shape index (κ1) is 24.7. The molecule has 6 aromatic carbocycles. The summed E-state index contributed by atoms with van der Waals surface area (Å²) in [5.41, 5.74) is 11.7. The van der Waals surface area contributed by atoms with E-state index in [4.69, 9.17) is 0 Å². The molecule has 0 N–H and O–H groups in total. The predicted molar refractivity (Wildman–Crippen MR) is 181 cm³/mol. The minimum atomic E-state index is 0.0754. The van der Waals surface area contributed by atoms with E-state index in [1.54, 1.807) is 0 Å². The first-order valence-corrected chi connectivity index (χ1v) is 14.9. The fourth-order valence-corrected chi connectivity index (χ4v) is 6.98. The summed E-state index contributed by atoms with van der Waals surface area (Å²) in [6, 6.07) is 51.3. The molecule has 0 radical (unpaired) electrons. The normalized spacial score (nSPS) is 15.5. The van der Waals surface area contributed by atoms with Gasteiger partial charge in [-0.3, -0.25) is 0 Å². The van der Waals surface area contributed by atoms with Gasteiger partial charge in [-0.15, -0.1) is 0 Å². The van der Waals surface area contributed by atoms with Gasteiger partial charge in [0.2, 0.25) is 6.71 Å².